The van der Waals surface area contributed by atoms with Gasteiger partial charge in [0.2, 0.25) is 0 Å². The zero-order chi connectivity index (χ0) is 22.1. The van der Waals surface area contributed by atoms with E-state index in [1.165, 1.54) is 0 Å². The van der Waals surface area contributed by atoms with Crippen molar-refractivity contribution in [2.24, 2.45) is 0 Å². The normalized spacial score (nSPS) is 15.2. The van der Waals surface area contributed by atoms with Gasteiger partial charge in [-0.3, -0.25) is 14.5 Å². The highest BCUT2D eigenvalue weighted by Gasteiger charge is 2.35. The molecule has 5 nitrogen and oxygen atoms in total. The van der Waals surface area contributed by atoms with Gasteiger partial charge in [0, 0.05) is 11.1 Å². The fourth-order valence-corrected chi connectivity index (χ4v) is 4.35. The smallest absolute Gasteiger partial charge is 0.293 e. The standard InChI is InChI=1S/C22H14Cl3NO4S/c1-29-18-6-3-13(23)9-15(18)19-7-4-14(30-19)10-20-21(27)26(22(28)31-20)11-12-2-5-16(24)17(25)8-12/h2-10H,11H2,1H3/b20-10+. The summed E-state index contributed by atoms with van der Waals surface area (Å²) in [6.07, 6.45) is 1.54. The number of rotatable bonds is 5. The molecule has 1 aromatic heterocycles. The summed E-state index contributed by atoms with van der Waals surface area (Å²) in [5, 5.41) is 0.938. The van der Waals surface area contributed by atoms with E-state index in [0.717, 1.165) is 16.7 Å². The van der Waals surface area contributed by atoms with Gasteiger partial charge in [-0.2, -0.15) is 0 Å². The number of ether oxygens (including phenoxy) is 1. The summed E-state index contributed by atoms with van der Waals surface area (Å²) in [6, 6.07) is 13.6. The van der Waals surface area contributed by atoms with E-state index in [9.17, 15) is 9.59 Å². The van der Waals surface area contributed by atoms with Crippen LogP contribution >= 0.6 is 46.6 Å². The molecule has 158 valence electrons. The van der Waals surface area contributed by atoms with Crippen molar-refractivity contribution in [1.29, 1.82) is 0 Å². The molecule has 2 aromatic carbocycles. The lowest BCUT2D eigenvalue weighted by atomic mass is 10.1. The van der Waals surface area contributed by atoms with Gasteiger partial charge < -0.3 is 9.15 Å². The molecule has 1 saturated heterocycles. The van der Waals surface area contributed by atoms with Crippen molar-refractivity contribution in [3.05, 3.63) is 79.8 Å². The number of nitrogens with zero attached hydrogens (tertiary/aromatic N) is 1. The second-order valence-corrected chi connectivity index (χ2v) is 8.81. The van der Waals surface area contributed by atoms with Crippen LogP contribution in [0.4, 0.5) is 4.79 Å². The van der Waals surface area contributed by atoms with Crippen LogP contribution in [0.5, 0.6) is 5.75 Å². The highest BCUT2D eigenvalue weighted by molar-refractivity contribution is 8.18. The first-order chi connectivity index (χ1) is 14.9. The Morgan fingerprint density at radius 3 is 2.58 bits per heavy atom. The number of amides is 2. The van der Waals surface area contributed by atoms with Crippen molar-refractivity contribution in [2.45, 2.75) is 6.54 Å². The van der Waals surface area contributed by atoms with Crippen molar-refractivity contribution in [3.8, 4) is 17.1 Å². The minimum atomic E-state index is -0.403. The molecule has 0 atom stereocenters. The molecule has 0 spiro atoms. The Hall–Kier alpha value is -2.38. The molecule has 2 amide bonds. The lowest BCUT2D eigenvalue weighted by molar-refractivity contribution is -0.123. The van der Waals surface area contributed by atoms with Gasteiger partial charge in [-0.05, 0) is 59.8 Å². The number of benzene rings is 2. The van der Waals surface area contributed by atoms with E-state index in [-0.39, 0.29) is 16.7 Å². The molecule has 0 bridgehead atoms. The Kier molecular flexibility index (Phi) is 6.34. The molecule has 0 N–H and O–H groups in total. The minimum Gasteiger partial charge on any atom is -0.496 e. The van der Waals surface area contributed by atoms with Gasteiger partial charge in [0.1, 0.15) is 17.3 Å². The Labute approximate surface area is 197 Å². The molecular formula is C22H14Cl3NO4S. The van der Waals surface area contributed by atoms with E-state index in [2.05, 4.69) is 0 Å². The number of thioether (sulfide) groups is 1. The lowest BCUT2D eigenvalue weighted by Crippen LogP contribution is -2.27. The number of hydrogen-bond acceptors (Lipinski definition) is 5. The van der Waals surface area contributed by atoms with Crippen LogP contribution in [0.25, 0.3) is 17.4 Å². The maximum Gasteiger partial charge on any atom is 0.293 e. The third-order valence-electron chi connectivity index (χ3n) is 4.53. The van der Waals surface area contributed by atoms with E-state index in [4.69, 9.17) is 44.0 Å². The summed E-state index contributed by atoms with van der Waals surface area (Å²) in [5.74, 6) is 1.16. The van der Waals surface area contributed by atoms with Crippen LogP contribution in [-0.2, 0) is 11.3 Å². The molecule has 4 rings (SSSR count). The molecule has 0 radical (unpaired) electrons. The van der Waals surface area contributed by atoms with Crippen molar-refractivity contribution >= 4 is 63.8 Å². The molecule has 0 unspecified atom stereocenters. The van der Waals surface area contributed by atoms with Crippen LogP contribution in [0.2, 0.25) is 15.1 Å². The Balaban J connectivity index is 1.56. The quantitative estimate of drug-likeness (QED) is 0.352. The molecule has 0 aliphatic carbocycles. The number of methoxy groups -OCH3 is 1. The Morgan fingerprint density at radius 1 is 1.03 bits per heavy atom. The second-order valence-electron chi connectivity index (χ2n) is 6.56. The maximum absolute atomic E-state index is 12.8. The van der Waals surface area contributed by atoms with Gasteiger partial charge >= 0.3 is 0 Å². The van der Waals surface area contributed by atoms with E-state index in [0.29, 0.717) is 43.5 Å². The summed E-state index contributed by atoms with van der Waals surface area (Å²) in [7, 11) is 1.56. The molecule has 1 fully saturated rings. The lowest BCUT2D eigenvalue weighted by Gasteiger charge is -2.12. The highest BCUT2D eigenvalue weighted by Crippen LogP contribution is 2.37. The number of carbonyl (C=O) groups excluding carboxylic acids is 2. The molecule has 3 aromatic rings. The van der Waals surface area contributed by atoms with Crippen LogP contribution < -0.4 is 4.74 Å². The predicted octanol–water partition coefficient (Wildman–Crippen LogP) is 7.15. The third-order valence-corrected chi connectivity index (χ3v) is 6.41. The molecule has 9 heteroatoms. The maximum atomic E-state index is 12.8. The van der Waals surface area contributed by atoms with Crippen molar-refractivity contribution in [1.82, 2.24) is 4.90 Å². The van der Waals surface area contributed by atoms with Crippen LogP contribution in [0.1, 0.15) is 11.3 Å². The average molecular weight is 495 g/mol. The fourth-order valence-electron chi connectivity index (χ4n) is 3.03. The molecule has 2 heterocycles. The SMILES string of the molecule is COc1ccc(Cl)cc1-c1ccc(/C=C2/SC(=O)N(Cc3ccc(Cl)c(Cl)c3)C2=O)o1. The van der Waals surface area contributed by atoms with Crippen LogP contribution in [0.3, 0.4) is 0 Å². The largest absolute Gasteiger partial charge is 0.496 e. The summed E-state index contributed by atoms with van der Waals surface area (Å²) >= 11 is 18.9. The first-order valence-electron chi connectivity index (χ1n) is 8.99. The Bertz CT molecular complexity index is 1220. The number of imide groups is 1. The van der Waals surface area contributed by atoms with E-state index >= 15 is 0 Å². The monoisotopic (exact) mass is 493 g/mol. The first-order valence-corrected chi connectivity index (χ1v) is 10.9. The predicted molar refractivity (Wildman–Crippen MR) is 124 cm³/mol. The number of furan rings is 1. The van der Waals surface area contributed by atoms with Crippen LogP contribution in [0.15, 0.2) is 57.9 Å². The van der Waals surface area contributed by atoms with Gasteiger partial charge in [-0.1, -0.05) is 40.9 Å². The molecule has 31 heavy (non-hydrogen) atoms. The van der Waals surface area contributed by atoms with Gasteiger partial charge in [0.15, 0.2) is 0 Å². The zero-order valence-corrected chi connectivity index (χ0v) is 19.1. The molecule has 1 aliphatic heterocycles. The number of carbonyl (C=O) groups is 2. The Morgan fingerprint density at radius 2 is 1.84 bits per heavy atom. The van der Waals surface area contributed by atoms with Crippen molar-refractivity contribution in [2.75, 3.05) is 7.11 Å². The fraction of sp³-hybridized carbons (Fsp3) is 0.0909. The van der Waals surface area contributed by atoms with E-state index in [1.54, 1.807) is 61.7 Å². The highest BCUT2D eigenvalue weighted by atomic mass is 35.5. The topological polar surface area (TPSA) is 59.8 Å². The van der Waals surface area contributed by atoms with Crippen LogP contribution in [0, 0.1) is 0 Å². The first kappa shape index (κ1) is 21.8. The third kappa shape index (κ3) is 4.62. The zero-order valence-electron chi connectivity index (χ0n) is 16.0. The molecular weight excluding hydrogens is 481 g/mol. The number of halogens is 3. The van der Waals surface area contributed by atoms with Crippen molar-refractivity contribution < 1.29 is 18.7 Å². The van der Waals surface area contributed by atoms with Crippen LogP contribution in [-0.4, -0.2) is 23.2 Å². The van der Waals surface area contributed by atoms with E-state index in [1.807, 2.05) is 0 Å². The van der Waals surface area contributed by atoms with Gasteiger partial charge in [0.05, 0.1) is 34.2 Å². The minimum absolute atomic E-state index is 0.0992. The molecule has 1 aliphatic rings. The second kappa shape index (κ2) is 9.01. The van der Waals surface area contributed by atoms with Gasteiger partial charge in [-0.25, -0.2) is 0 Å². The number of hydrogen-bond donors (Lipinski definition) is 0. The molecule has 0 saturated carbocycles. The van der Waals surface area contributed by atoms with E-state index < -0.39 is 5.91 Å². The summed E-state index contributed by atoms with van der Waals surface area (Å²) in [4.78, 5) is 26.6. The summed E-state index contributed by atoms with van der Waals surface area (Å²) in [6.45, 7) is 0.0992. The van der Waals surface area contributed by atoms with Crippen molar-refractivity contribution in [3.63, 3.8) is 0 Å². The summed E-state index contributed by atoms with van der Waals surface area (Å²) in [5.41, 5.74) is 1.38. The summed E-state index contributed by atoms with van der Waals surface area (Å²) < 4.78 is 11.2. The van der Waals surface area contributed by atoms with Gasteiger partial charge in [0.25, 0.3) is 11.1 Å². The van der Waals surface area contributed by atoms with Gasteiger partial charge in [-0.15, -0.1) is 0 Å². The average Bonchev–Trinajstić information content (AvgIpc) is 3.31.